The van der Waals surface area contributed by atoms with E-state index in [0.717, 1.165) is 11.7 Å². The summed E-state index contributed by atoms with van der Waals surface area (Å²) in [6, 6.07) is 9.56. The van der Waals surface area contributed by atoms with Crippen LogP contribution in [-0.4, -0.2) is 18.6 Å². The van der Waals surface area contributed by atoms with Crippen LogP contribution in [0.1, 0.15) is 57.2 Å². The average molecular weight is 279 g/mol. The topological polar surface area (TPSA) is 12.0 Å². The zero-order chi connectivity index (χ0) is 14.3. The lowest BCUT2D eigenvalue weighted by atomic mass is 10.00. The van der Waals surface area contributed by atoms with Crippen molar-refractivity contribution in [2.24, 2.45) is 5.92 Å². The fraction of sp³-hybridized carbons (Fsp3) is 0.647. The number of benzene rings is 1. The maximum Gasteiger partial charge on any atom is 0.0409 e. The van der Waals surface area contributed by atoms with E-state index in [1.54, 1.807) is 0 Å². The summed E-state index contributed by atoms with van der Waals surface area (Å²) in [6.07, 6.45) is 1.28. The Kier molecular flexibility index (Phi) is 7.55. The van der Waals surface area contributed by atoms with Gasteiger partial charge in [-0.25, -0.2) is 0 Å². The molecule has 0 saturated heterocycles. The first-order valence-corrected chi connectivity index (χ1v) is 8.58. The van der Waals surface area contributed by atoms with Gasteiger partial charge in [0.2, 0.25) is 0 Å². The van der Waals surface area contributed by atoms with Gasteiger partial charge >= 0.3 is 0 Å². The summed E-state index contributed by atoms with van der Waals surface area (Å²) in [6.45, 7) is 9.09. The van der Waals surface area contributed by atoms with Crippen LogP contribution < -0.4 is 5.32 Å². The molecule has 0 heterocycles. The van der Waals surface area contributed by atoms with Crippen LogP contribution in [0.15, 0.2) is 24.3 Å². The monoisotopic (exact) mass is 279 g/mol. The lowest BCUT2D eigenvalue weighted by Gasteiger charge is -2.18. The number of hydrogen-bond acceptors (Lipinski definition) is 2. The summed E-state index contributed by atoms with van der Waals surface area (Å²) in [7, 11) is 2.06. The van der Waals surface area contributed by atoms with Crippen molar-refractivity contribution in [3.63, 3.8) is 0 Å². The van der Waals surface area contributed by atoms with Crippen LogP contribution >= 0.6 is 11.8 Å². The minimum atomic E-state index is 0.468. The summed E-state index contributed by atoms with van der Waals surface area (Å²) in [5, 5.41) is 3.44. The van der Waals surface area contributed by atoms with Crippen LogP contribution in [0.25, 0.3) is 0 Å². The van der Waals surface area contributed by atoms with Crippen LogP contribution in [0.4, 0.5) is 0 Å². The van der Waals surface area contributed by atoms with Gasteiger partial charge in [-0.05, 0) is 35.8 Å². The van der Waals surface area contributed by atoms with E-state index < -0.39 is 0 Å². The molecule has 1 aromatic carbocycles. The molecular weight excluding hydrogens is 250 g/mol. The fourth-order valence-electron chi connectivity index (χ4n) is 1.96. The van der Waals surface area contributed by atoms with Crippen LogP contribution in [0.5, 0.6) is 0 Å². The molecule has 0 aliphatic carbocycles. The first-order valence-electron chi connectivity index (χ1n) is 7.43. The molecule has 0 bridgehead atoms. The normalized spacial score (nSPS) is 14.6. The van der Waals surface area contributed by atoms with Crippen molar-refractivity contribution in [1.82, 2.24) is 5.32 Å². The first-order chi connectivity index (χ1) is 9.08. The highest BCUT2D eigenvalue weighted by atomic mass is 32.2. The zero-order valence-electron chi connectivity index (χ0n) is 13.1. The van der Waals surface area contributed by atoms with Gasteiger partial charge in [0, 0.05) is 11.8 Å². The second kappa shape index (κ2) is 8.65. The van der Waals surface area contributed by atoms with Crippen molar-refractivity contribution >= 4 is 11.8 Å². The predicted molar refractivity (Wildman–Crippen MR) is 89.1 cm³/mol. The number of rotatable bonds is 8. The Bertz CT molecular complexity index is 345. The van der Waals surface area contributed by atoms with Gasteiger partial charge in [0.15, 0.2) is 0 Å². The maximum absolute atomic E-state index is 3.44. The molecule has 0 aromatic heterocycles. The summed E-state index contributed by atoms with van der Waals surface area (Å²) in [5.74, 6) is 3.85. The van der Waals surface area contributed by atoms with Gasteiger partial charge in [-0.1, -0.05) is 58.4 Å². The van der Waals surface area contributed by atoms with E-state index >= 15 is 0 Å². The summed E-state index contributed by atoms with van der Waals surface area (Å²) < 4.78 is 0. The molecule has 2 unspecified atom stereocenters. The predicted octanol–water partition coefficient (Wildman–Crippen LogP) is 4.85. The lowest BCUT2D eigenvalue weighted by molar-refractivity contribution is 0.630. The number of thioether (sulfide) groups is 1. The minimum absolute atomic E-state index is 0.468. The smallest absolute Gasteiger partial charge is 0.0409 e. The van der Waals surface area contributed by atoms with Crippen LogP contribution in [0.2, 0.25) is 0 Å². The number of nitrogens with one attached hydrogen (secondary N) is 1. The summed E-state index contributed by atoms with van der Waals surface area (Å²) in [4.78, 5) is 0. The number of hydrogen-bond donors (Lipinski definition) is 1. The minimum Gasteiger partial charge on any atom is -0.312 e. The van der Waals surface area contributed by atoms with Crippen molar-refractivity contribution in [2.45, 2.75) is 46.1 Å². The molecule has 108 valence electrons. The Morgan fingerprint density at radius 1 is 1.00 bits per heavy atom. The third kappa shape index (κ3) is 5.58. The molecule has 1 N–H and O–H groups in total. The Balaban J connectivity index is 2.54. The molecule has 2 atom stereocenters. The molecular formula is C17H29NS. The average Bonchev–Trinajstić information content (AvgIpc) is 2.43. The van der Waals surface area contributed by atoms with E-state index in [0.29, 0.717) is 12.0 Å². The van der Waals surface area contributed by atoms with Gasteiger partial charge in [-0.2, -0.15) is 11.8 Å². The first kappa shape index (κ1) is 16.6. The molecule has 2 heteroatoms. The van der Waals surface area contributed by atoms with Crippen molar-refractivity contribution < 1.29 is 0 Å². The van der Waals surface area contributed by atoms with Gasteiger partial charge in [-0.3, -0.25) is 0 Å². The molecule has 1 aromatic rings. The second-order valence-corrected chi connectivity index (χ2v) is 6.79. The quantitative estimate of drug-likeness (QED) is 0.730. The lowest BCUT2D eigenvalue weighted by Crippen LogP contribution is -2.19. The van der Waals surface area contributed by atoms with Crippen molar-refractivity contribution in [3.8, 4) is 0 Å². The Morgan fingerprint density at radius 3 is 2.05 bits per heavy atom. The Labute approximate surface area is 123 Å². The van der Waals surface area contributed by atoms with E-state index in [9.17, 15) is 0 Å². The summed E-state index contributed by atoms with van der Waals surface area (Å²) >= 11 is 2.06. The van der Waals surface area contributed by atoms with E-state index in [1.165, 1.54) is 23.3 Å². The molecule has 0 aliphatic heterocycles. The SMILES string of the molecule is CCC(C)CSCC(NC)c1ccc(C(C)C)cc1. The van der Waals surface area contributed by atoms with E-state index in [2.05, 4.69) is 76.1 Å². The highest BCUT2D eigenvalue weighted by molar-refractivity contribution is 7.99. The Hall–Kier alpha value is -0.470. The second-order valence-electron chi connectivity index (χ2n) is 5.71. The van der Waals surface area contributed by atoms with Gasteiger partial charge in [0.1, 0.15) is 0 Å². The molecule has 0 fully saturated rings. The fourth-order valence-corrected chi connectivity index (χ4v) is 3.33. The van der Waals surface area contributed by atoms with Crippen LogP contribution in [-0.2, 0) is 0 Å². The molecule has 0 spiro atoms. The summed E-state index contributed by atoms with van der Waals surface area (Å²) in [5.41, 5.74) is 2.83. The third-order valence-corrected chi connectivity index (χ3v) is 5.11. The largest absolute Gasteiger partial charge is 0.312 e. The molecule has 0 aliphatic rings. The van der Waals surface area contributed by atoms with Gasteiger partial charge in [0.25, 0.3) is 0 Å². The standard InChI is InChI=1S/C17H29NS/c1-6-14(4)11-19-12-17(18-5)16-9-7-15(8-10-16)13(2)3/h7-10,13-14,17-18H,6,11-12H2,1-5H3. The molecule has 0 saturated carbocycles. The molecule has 0 radical (unpaired) electrons. The van der Waals surface area contributed by atoms with Crippen LogP contribution in [0.3, 0.4) is 0 Å². The Morgan fingerprint density at radius 2 is 1.58 bits per heavy atom. The van der Waals surface area contributed by atoms with E-state index in [4.69, 9.17) is 0 Å². The van der Waals surface area contributed by atoms with Gasteiger partial charge in [-0.15, -0.1) is 0 Å². The van der Waals surface area contributed by atoms with Crippen molar-refractivity contribution in [2.75, 3.05) is 18.6 Å². The van der Waals surface area contributed by atoms with Crippen molar-refractivity contribution in [3.05, 3.63) is 35.4 Å². The van der Waals surface area contributed by atoms with Gasteiger partial charge < -0.3 is 5.32 Å². The maximum atomic E-state index is 3.44. The third-order valence-electron chi connectivity index (χ3n) is 3.74. The van der Waals surface area contributed by atoms with Crippen molar-refractivity contribution in [1.29, 1.82) is 0 Å². The van der Waals surface area contributed by atoms with E-state index in [-0.39, 0.29) is 0 Å². The zero-order valence-corrected chi connectivity index (χ0v) is 13.9. The molecule has 0 amide bonds. The highest BCUT2D eigenvalue weighted by Gasteiger charge is 2.10. The molecule has 19 heavy (non-hydrogen) atoms. The highest BCUT2D eigenvalue weighted by Crippen LogP contribution is 2.22. The molecule has 1 nitrogen and oxygen atoms in total. The molecule has 1 rings (SSSR count). The van der Waals surface area contributed by atoms with E-state index in [1.807, 2.05) is 0 Å². The van der Waals surface area contributed by atoms with Gasteiger partial charge in [0.05, 0.1) is 0 Å². The van der Waals surface area contributed by atoms with Crippen LogP contribution in [0, 0.1) is 5.92 Å².